The van der Waals surface area contributed by atoms with E-state index in [1.54, 1.807) is 24.3 Å². The van der Waals surface area contributed by atoms with Gasteiger partial charge in [-0.1, -0.05) is 53.4 Å². The van der Waals surface area contributed by atoms with Crippen LogP contribution in [0, 0.1) is 18.7 Å². The number of hydrogen-bond donors (Lipinski definition) is 2. The van der Waals surface area contributed by atoms with Gasteiger partial charge in [0.2, 0.25) is 11.8 Å². The maximum atomic E-state index is 13.8. The number of H-pyrrole nitrogens is 1. The van der Waals surface area contributed by atoms with Crippen molar-refractivity contribution < 1.29 is 23.5 Å². The van der Waals surface area contributed by atoms with Crippen molar-refractivity contribution in [3.63, 3.8) is 0 Å². The van der Waals surface area contributed by atoms with E-state index < -0.39 is 34.7 Å². The Labute approximate surface area is 236 Å². The molecule has 40 heavy (non-hydrogen) atoms. The van der Waals surface area contributed by atoms with Crippen LogP contribution in [0.1, 0.15) is 21.9 Å². The Morgan fingerprint density at radius 3 is 2.58 bits per heavy atom. The summed E-state index contributed by atoms with van der Waals surface area (Å²) in [5, 5.41) is 2.60. The molecule has 8 nitrogen and oxygen atoms in total. The molecule has 0 bridgehead atoms. The lowest BCUT2D eigenvalue weighted by molar-refractivity contribution is -0.122. The number of carbonyl (C=O) groups is 3. The number of fused-ring (bicyclic) bond motifs is 2. The van der Waals surface area contributed by atoms with Crippen LogP contribution in [0.25, 0.3) is 0 Å². The highest BCUT2D eigenvalue weighted by Gasteiger charge is 2.56. The monoisotopic (exact) mass is 575 g/mol. The van der Waals surface area contributed by atoms with Crippen LogP contribution in [-0.4, -0.2) is 34.6 Å². The third kappa shape index (κ3) is 4.71. The highest BCUT2D eigenvalue weighted by molar-refractivity contribution is 8.00. The number of imide groups is 1. The van der Waals surface area contributed by atoms with Crippen molar-refractivity contribution >= 4 is 52.2 Å². The average molecular weight is 576 g/mol. The number of carbonyl (C=O) groups excluding carboxylic acids is 3. The molecule has 0 radical (unpaired) electrons. The van der Waals surface area contributed by atoms with E-state index in [2.05, 4.69) is 10.3 Å². The quantitative estimate of drug-likeness (QED) is 0.323. The molecule has 0 spiro atoms. The predicted molar refractivity (Wildman–Crippen MR) is 151 cm³/mol. The number of nitrogens with one attached hydrogen (secondary N) is 2. The summed E-state index contributed by atoms with van der Waals surface area (Å²) >= 11 is 2.17. The van der Waals surface area contributed by atoms with Gasteiger partial charge in [-0.25, -0.2) is 9.29 Å². The molecule has 3 heterocycles. The van der Waals surface area contributed by atoms with Gasteiger partial charge in [0.15, 0.2) is 6.61 Å². The molecule has 202 valence electrons. The Hall–Kier alpha value is -4.22. The van der Waals surface area contributed by atoms with E-state index in [0.717, 1.165) is 21.8 Å². The Bertz CT molecular complexity index is 1700. The van der Waals surface area contributed by atoms with E-state index in [9.17, 15) is 23.6 Å². The third-order valence-electron chi connectivity index (χ3n) is 6.92. The van der Waals surface area contributed by atoms with Crippen molar-refractivity contribution in [2.75, 3.05) is 16.8 Å². The first-order chi connectivity index (χ1) is 19.3. The number of anilines is 2. The number of aryl methyl sites for hydroxylation is 1. The second kappa shape index (κ2) is 10.4. The Kier molecular flexibility index (Phi) is 6.77. The van der Waals surface area contributed by atoms with Crippen molar-refractivity contribution in [1.82, 2.24) is 4.98 Å². The normalized spacial score (nSPS) is 19.8. The van der Waals surface area contributed by atoms with Crippen molar-refractivity contribution in [3.05, 3.63) is 104 Å². The molecule has 1 saturated heterocycles. The van der Waals surface area contributed by atoms with Gasteiger partial charge < -0.3 is 15.0 Å². The van der Waals surface area contributed by atoms with Gasteiger partial charge in [-0.2, -0.15) is 0 Å². The fourth-order valence-electron chi connectivity index (χ4n) is 5.07. The first-order valence-corrected chi connectivity index (χ1v) is 14.1. The van der Waals surface area contributed by atoms with E-state index in [-0.39, 0.29) is 17.4 Å². The van der Waals surface area contributed by atoms with Gasteiger partial charge in [-0.3, -0.25) is 19.2 Å². The van der Waals surface area contributed by atoms with Crippen LogP contribution in [0.15, 0.2) is 82.6 Å². The molecular formula is C29H22FN3O5S2. The average Bonchev–Trinajstić information content (AvgIpc) is 3.43. The second-order valence-electron chi connectivity index (χ2n) is 9.46. The molecule has 1 fully saturated rings. The summed E-state index contributed by atoms with van der Waals surface area (Å²) in [6.07, 6.45) is 0. The molecule has 11 heteroatoms. The summed E-state index contributed by atoms with van der Waals surface area (Å²) < 4.78 is 19.3. The van der Waals surface area contributed by atoms with Crippen LogP contribution in [0.3, 0.4) is 0 Å². The van der Waals surface area contributed by atoms with Gasteiger partial charge >= 0.3 is 4.87 Å². The number of hydrogen-bond acceptors (Lipinski definition) is 7. The molecule has 3 atom stereocenters. The molecular weight excluding hydrogens is 553 g/mol. The first kappa shape index (κ1) is 26.0. The van der Waals surface area contributed by atoms with Crippen molar-refractivity contribution in [3.8, 4) is 5.75 Å². The topological polar surface area (TPSA) is 109 Å². The number of nitrogens with zero attached hydrogens (tertiary/aromatic N) is 1. The summed E-state index contributed by atoms with van der Waals surface area (Å²) in [6, 6.07) is 19.6. The Morgan fingerprint density at radius 1 is 1.02 bits per heavy atom. The smallest absolute Gasteiger partial charge is 0.305 e. The highest BCUT2D eigenvalue weighted by Crippen LogP contribution is 2.53. The number of para-hydroxylation sites is 1. The summed E-state index contributed by atoms with van der Waals surface area (Å²) in [4.78, 5) is 56.4. The Balaban J connectivity index is 1.29. The minimum atomic E-state index is -0.791. The van der Waals surface area contributed by atoms with Gasteiger partial charge in [-0.15, -0.1) is 0 Å². The van der Waals surface area contributed by atoms with Crippen LogP contribution in [0.5, 0.6) is 5.75 Å². The third-order valence-corrected chi connectivity index (χ3v) is 9.32. The number of aromatic amines is 1. The van der Waals surface area contributed by atoms with E-state index in [4.69, 9.17) is 4.74 Å². The number of rotatable bonds is 6. The van der Waals surface area contributed by atoms with E-state index >= 15 is 0 Å². The molecule has 4 aromatic rings. The van der Waals surface area contributed by atoms with Crippen LogP contribution < -0.4 is 19.8 Å². The Morgan fingerprint density at radius 2 is 1.80 bits per heavy atom. The molecule has 6 rings (SSSR count). The lowest BCUT2D eigenvalue weighted by Crippen LogP contribution is -2.32. The number of benzene rings is 3. The molecule has 2 unspecified atom stereocenters. The van der Waals surface area contributed by atoms with Crippen molar-refractivity contribution in [2.45, 2.75) is 23.1 Å². The minimum absolute atomic E-state index is 0.233. The molecule has 3 amide bonds. The molecule has 0 aliphatic carbocycles. The largest absolute Gasteiger partial charge is 0.484 e. The van der Waals surface area contributed by atoms with Crippen molar-refractivity contribution in [1.29, 1.82) is 0 Å². The summed E-state index contributed by atoms with van der Waals surface area (Å²) in [7, 11) is 0. The fourth-order valence-corrected chi connectivity index (χ4v) is 7.58. The zero-order chi connectivity index (χ0) is 28.0. The number of amides is 3. The minimum Gasteiger partial charge on any atom is -0.484 e. The maximum Gasteiger partial charge on any atom is 0.305 e. The molecule has 2 N–H and O–H groups in total. The number of aromatic nitrogens is 1. The number of thioether (sulfide) groups is 1. The first-order valence-electron chi connectivity index (χ1n) is 12.4. The summed E-state index contributed by atoms with van der Waals surface area (Å²) in [5.74, 6) is -2.63. The zero-order valence-electron chi connectivity index (χ0n) is 21.1. The lowest BCUT2D eigenvalue weighted by atomic mass is 9.83. The summed E-state index contributed by atoms with van der Waals surface area (Å²) in [5.41, 5.74) is 2.58. The van der Waals surface area contributed by atoms with Crippen LogP contribution in [0.4, 0.5) is 15.8 Å². The van der Waals surface area contributed by atoms with E-state index in [1.807, 2.05) is 31.2 Å². The predicted octanol–water partition coefficient (Wildman–Crippen LogP) is 4.70. The van der Waals surface area contributed by atoms with Gasteiger partial charge in [0, 0.05) is 16.5 Å². The molecule has 3 aromatic carbocycles. The SMILES string of the molecule is Cc1ccccc1NC(=O)COc1cccc([C@H]2c3sc(=O)[nH]c3SC3C(=O)N(c4ccc(F)cc4)C(=O)C32)c1. The lowest BCUT2D eigenvalue weighted by Gasteiger charge is -2.30. The number of halogens is 1. The van der Waals surface area contributed by atoms with Gasteiger partial charge in [0.25, 0.3) is 5.91 Å². The van der Waals surface area contributed by atoms with Gasteiger partial charge in [0.1, 0.15) is 16.8 Å². The summed E-state index contributed by atoms with van der Waals surface area (Å²) in [6.45, 7) is 1.66. The number of ether oxygens (including phenoxy) is 1. The van der Waals surface area contributed by atoms with Crippen LogP contribution >= 0.6 is 23.1 Å². The van der Waals surface area contributed by atoms with Gasteiger partial charge in [-0.05, 0) is 60.5 Å². The second-order valence-corrected chi connectivity index (χ2v) is 11.6. The van der Waals surface area contributed by atoms with Gasteiger partial charge in [0.05, 0.1) is 16.6 Å². The fraction of sp³-hybridized carbons (Fsp3) is 0.172. The van der Waals surface area contributed by atoms with Crippen molar-refractivity contribution in [2.24, 2.45) is 5.92 Å². The van der Waals surface area contributed by atoms with Crippen LogP contribution in [0.2, 0.25) is 0 Å². The number of thiazole rings is 1. The van der Waals surface area contributed by atoms with E-state index in [1.165, 1.54) is 36.0 Å². The highest BCUT2D eigenvalue weighted by atomic mass is 32.2. The van der Waals surface area contributed by atoms with Crippen LogP contribution in [-0.2, 0) is 14.4 Å². The molecule has 1 aromatic heterocycles. The molecule has 0 saturated carbocycles. The maximum absolute atomic E-state index is 13.8. The standard InChI is InChI=1S/C29H22FN3O5S2/c1-15-5-2-3-8-20(15)31-21(34)14-38-19-7-4-6-16(13-19)22-23-25(39-26-24(22)40-29(37)32-26)28(36)33(27(23)35)18-11-9-17(30)10-12-18/h2-13,22-23,25H,14H2,1H3,(H,31,34)(H,32,37)/t22-,23?,25?/m1/s1. The molecule has 2 aliphatic rings. The zero-order valence-corrected chi connectivity index (χ0v) is 22.7. The molecule has 2 aliphatic heterocycles. The van der Waals surface area contributed by atoms with E-state index in [0.29, 0.717) is 32.6 Å².